The number of amides is 1. The molecule has 1 aromatic carbocycles. The van der Waals surface area contributed by atoms with Crippen LogP contribution in [0.5, 0.6) is 0 Å². The average Bonchev–Trinajstić information content (AvgIpc) is 2.64. The van der Waals surface area contributed by atoms with E-state index in [1.54, 1.807) is 54.6 Å². The molecule has 1 aliphatic rings. The van der Waals surface area contributed by atoms with Gasteiger partial charge in [-0.05, 0) is 25.1 Å². The van der Waals surface area contributed by atoms with Gasteiger partial charge in [0.15, 0.2) is 0 Å². The van der Waals surface area contributed by atoms with Crippen molar-refractivity contribution in [1.29, 1.82) is 0 Å². The Bertz CT molecular complexity index is 740. The molecule has 1 fully saturated rings. The van der Waals surface area contributed by atoms with Crippen molar-refractivity contribution >= 4 is 17.9 Å². The number of anilines is 1. The molecule has 3 rings (SSSR count). The zero-order chi connectivity index (χ0) is 16.9. The van der Waals surface area contributed by atoms with Crippen molar-refractivity contribution in [3.05, 3.63) is 59.7 Å². The van der Waals surface area contributed by atoms with E-state index in [4.69, 9.17) is 0 Å². The Balaban J connectivity index is 1.64. The number of carbonyl (C=O) groups is 1. The largest absolute Gasteiger partial charge is 0.337 e. The van der Waals surface area contributed by atoms with Gasteiger partial charge in [0.25, 0.3) is 0 Å². The summed E-state index contributed by atoms with van der Waals surface area (Å²) in [5, 5.41) is 0. The van der Waals surface area contributed by atoms with Crippen LogP contribution in [0.25, 0.3) is 6.08 Å². The zero-order valence-corrected chi connectivity index (χ0v) is 13.5. The molecule has 2 heterocycles. The minimum atomic E-state index is -0.323. The van der Waals surface area contributed by atoms with Crippen molar-refractivity contribution in [3.63, 3.8) is 0 Å². The molecular formula is C18H19FN4O. The molecule has 0 unspecified atom stereocenters. The summed E-state index contributed by atoms with van der Waals surface area (Å²) < 4.78 is 13.7. The minimum Gasteiger partial charge on any atom is -0.337 e. The summed E-state index contributed by atoms with van der Waals surface area (Å²) >= 11 is 0. The molecule has 2 aromatic rings. The predicted molar refractivity (Wildman–Crippen MR) is 90.9 cm³/mol. The average molecular weight is 326 g/mol. The first-order chi connectivity index (χ1) is 11.6. The highest BCUT2D eigenvalue weighted by atomic mass is 19.1. The summed E-state index contributed by atoms with van der Waals surface area (Å²) in [4.78, 5) is 24.8. The molecule has 0 N–H and O–H groups in total. The highest BCUT2D eigenvalue weighted by Crippen LogP contribution is 2.15. The van der Waals surface area contributed by atoms with Gasteiger partial charge in [-0.3, -0.25) is 4.79 Å². The van der Waals surface area contributed by atoms with Crippen LogP contribution in [0.1, 0.15) is 12.5 Å². The second kappa shape index (κ2) is 7.21. The van der Waals surface area contributed by atoms with Gasteiger partial charge in [0.05, 0.1) is 0 Å². The number of nitrogens with zero attached hydrogens (tertiary/aromatic N) is 4. The van der Waals surface area contributed by atoms with E-state index < -0.39 is 0 Å². The molecule has 0 spiro atoms. The Hall–Kier alpha value is -2.76. The van der Waals surface area contributed by atoms with E-state index >= 15 is 0 Å². The lowest BCUT2D eigenvalue weighted by Crippen LogP contribution is -2.49. The van der Waals surface area contributed by atoms with Crippen LogP contribution in [-0.4, -0.2) is 47.0 Å². The van der Waals surface area contributed by atoms with Gasteiger partial charge in [0, 0.05) is 49.7 Å². The second-order valence-electron chi connectivity index (χ2n) is 5.68. The van der Waals surface area contributed by atoms with Crippen LogP contribution in [0.2, 0.25) is 0 Å². The van der Waals surface area contributed by atoms with E-state index in [-0.39, 0.29) is 11.7 Å². The van der Waals surface area contributed by atoms with Crippen LogP contribution in [-0.2, 0) is 4.79 Å². The Morgan fingerprint density at radius 3 is 2.42 bits per heavy atom. The molecule has 1 aliphatic heterocycles. The first-order valence-corrected chi connectivity index (χ1v) is 7.89. The van der Waals surface area contributed by atoms with Crippen molar-refractivity contribution in [2.24, 2.45) is 0 Å². The van der Waals surface area contributed by atoms with E-state index in [0.717, 1.165) is 0 Å². The number of piperazine rings is 1. The van der Waals surface area contributed by atoms with Gasteiger partial charge < -0.3 is 9.80 Å². The fourth-order valence-corrected chi connectivity index (χ4v) is 2.70. The Morgan fingerprint density at radius 1 is 1.08 bits per heavy atom. The lowest BCUT2D eigenvalue weighted by molar-refractivity contribution is -0.127. The second-order valence-corrected chi connectivity index (χ2v) is 5.68. The van der Waals surface area contributed by atoms with Crippen LogP contribution in [0.4, 0.5) is 10.3 Å². The maximum absolute atomic E-state index is 13.7. The van der Waals surface area contributed by atoms with Gasteiger partial charge in [0.2, 0.25) is 11.9 Å². The molecule has 0 bridgehead atoms. The summed E-state index contributed by atoms with van der Waals surface area (Å²) in [5.41, 5.74) is 0.962. The first-order valence-electron chi connectivity index (χ1n) is 7.89. The van der Waals surface area contributed by atoms with Gasteiger partial charge in [-0.1, -0.05) is 18.2 Å². The highest BCUT2D eigenvalue weighted by Gasteiger charge is 2.23. The van der Waals surface area contributed by atoms with Crippen molar-refractivity contribution in [2.45, 2.75) is 6.92 Å². The molecule has 5 nitrogen and oxygen atoms in total. The standard InChI is InChI=1S/C18H19FN4O/c1-14(13-15-5-2-3-6-16(15)19)17(24)22-9-11-23(12-10-22)18-20-7-4-8-21-18/h2-8,13H,9-12H2,1H3/b14-13+. The Morgan fingerprint density at radius 2 is 1.75 bits per heavy atom. The predicted octanol–water partition coefficient (Wildman–Crippen LogP) is 2.37. The normalized spacial score (nSPS) is 15.5. The number of hydrogen-bond donors (Lipinski definition) is 0. The van der Waals surface area contributed by atoms with Crippen LogP contribution in [0.15, 0.2) is 48.3 Å². The number of rotatable bonds is 3. The van der Waals surface area contributed by atoms with Crippen molar-refractivity contribution in [2.75, 3.05) is 31.1 Å². The number of benzene rings is 1. The van der Waals surface area contributed by atoms with E-state index in [9.17, 15) is 9.18 Å². The number of halogens is 1. The van der Waals surface area contributed by atoms with Crippen LogP contribution >= 0.6 is 0 Å². The maximum Gasteiger partial charge on any atom is 0.249 e. The van der Waals surface area contributed by atoms with Crippen LogP contribution < -0.4 is 4.90 Å². The molecule has 1 amide bonds. The third-order valence-corrected chi connectivity index (χ3v) is 4.02. The SMILES string of the molecule is C/C(=C\c1ccccc1F)C(=O)N1CCN(c2ncccn2)CC1. The summed E-state index contributed by atoms with van der Waals surface area (Å²) in [6, 6.07) is 8.22. The highest BCUT2D eigenvalue weighted by molar-refractivity contribution is 5.97. The van der Waals surface area contributed by atoms with Crippen molar-refractivity contribution in [1.82, 2.24) is 14.9 Å². The van der Waals surface area contributed by atoms with Gasteiger partial charge in [-0.2, -0.15) is 0 Å². The molecule has 1 aromatic heterocycles. The molecule has 6 heteroatoms. The Kier molecular flexibility index (Phi) is 4.84. The topological polar surface area (TPSA) is 49.3 Å². The molecule has 0 radical (unpaired) electrons. The van der Waals surface area contributed by atoms with E-state index in [0.29, 0.717) is 43.3 Å². The summed E-state index contributed by atoms with van der Waals surface area (Å²) in [6.07, 6.45) is 5.02. The lowest BCUT2D eigenvalue weighted by Gasteiger charge is -2.34. The maximum atomic E-state index is 13.7. The quantitative estimate of drug-likeness (QED) is 0.813. The summed E-state index contributed by atoms with van der Waals surface area (Å²) in [5.74, 6) is 0.297. The fourth-order valence-electron chi connectivity index (χ4n) is 2.70. The zero-order valence-electron chi connectivity index (χ0n) is 13.5. The van der Waals surface area contributed by atoms with Crippen LogP contribution in [0.3, 0.4) is 0 Å². The smallest absolute Gasteiger partial charge is 0.249 e. The van der Waals surface area contributed by atoms with Gasteiger partial charge >= 0.3 is 0 Å². The van der Waals surface area contributed by atoms with Crippen LogP contribution in [0, 0.1) is 5.82 Å². The molecule has 0 saturated carbocycles. The Labute approximate surface area is 140 Å². The van der Waals surface area contributed by atoms with Crippen molar-refractivity contribution in [3.8, 4) is 0 Å². The lowest BCUT2D eigenvalue weighted by atomic mass is 10.1. The number of carbonyl (C=O) groups excluding carboxylic acids is 1. The monoisotopic (exact) mass is 326 g/mol. The molecule has 124 valence electrons. The molecule has 1 saturated heterocycles. The first kappa shape index (κ1) is 16.1. The van der Waals surface area contributed by atoms with E-state index in [2.05, 4.69) is 14.9 Å². The van der Waals surface area contributed by atoms with E-state index in [1.165, 1.54) is 6.07 Å². The molecule has 24 heavy (non-hydrogen) atoms. The summed E-state index contributed by atoms with van der Waals surface area (Å²) in [6.45, 7) is 4.28. The van der Waals surface area contributed by atoms with Gasteiger partial charge in [-0.15, -0.1) is 0 Å². The number of aromatic nitrogens is 2. The number of hydrogen-bond acceptors (Lipinski definition) is 4. The van der Waals surface area contributed by atoms with Gasteiger partial charge in [0.1, 0.15) is 5.82 Å². The third kappa shape index (κ3) is 3.59. The molecule has 0 aliphatic carbocycles. The van der Waals surface area contributed by atoms with E-state index in [1.807, 2.05) is 0 Å². The van der Waals surface area contributed by atoms with Crippen molar-refractivity contribution < 1.29 is 9.18 Å². The minimum absolute atomic E-state index is 0.0631. The fraction of sp³-hybridized carbons (Fsp3) is 0.278. The molecular weight excluding hydrogens is 307 g/mol. The third-order valence-electron chi connectivity index (χ3n) is 4.02. The van der Waals surface area contributed by atoms with Gasteiger partial charge in [-0.25, -0.2) is 14.4 Å². The molecule has 0 atom stereocenters. The summed E-state index contributed by atoms with van der Waals surface area (Å²) in [7, 11) is 0.